The number of hydrogen-bond donors (Lipinski definition) is 6. The number of fused-ring (bicyclic) bond motifs is 3. The Labute approximate surface area is 243 Å². The van der Waals surface area contributed by atoms with Gasteiger partial charge in [-0.3, -0.25) is 29.0 Å². The van der Waals surface area contributed by atoms with Gasteiger partial charge in [-0.2, -0.15) is 0 Å². The Kier molecular flexibility index (Phi) is 8.15. The average Bonchev–Trinajstić information content (AvgIpc) is 2.90. The van der Waals surface area contributed by atoms with Crippen LogP contribution in [0.2, 0.25) is 0 Å². The van der Waals surface area contributed by atoms with Crippen LogP contribution in [0, 0.1) is 11.8 Å². The van der Waals surface area contributed by atoms with Gasteiger partial charge in [-0.1, -0.05) is 13.8 Å². The lowest BCUT2D eigenvalue weighted by atomic mass is 9.57. The summed E-state index contributed by atoms with van der Waals surface area (Å²) in [4.78, 5) is 57.3. The molecule has 0 saturated heterocycles. The van der Waals surface area contributed by atoms with Crippen molar-refractivity contribution in [3.05, 3.63) is 34.1 Å². The predicted molar refractivity (Wildman–Crippen MR) is 155 cm³/mol. The van der Waals surface area contributed by atoms with Crippen LogP contribution in [0.5, 0.6) is 5.75 Å². The highest BCUT2D eigenvalue weighted by Gasteiger charge is 2.64. The summed E-state index contributed by atoms with van der Waals surface area (Å²) >= 11 is 0. The molecule has 2 amide bonds. The Balaban J connectivity index is 1.90. The first kappa shape index (κ1) is 31.0. The number of ketones is 2. The van der Waals surface area contributed by atoms with Crippen molar-refractivity contribution in [1.29, 1.82) is 0 Å². The number of phenols is 1. The highest BCUT2D eigenvalue weighted by Crippen LogP contribution is 2.54. The van der Waals surface area contributed by atoms with E-state index >= 15 is 0 Å². The Bertz CT molecular complexity index is 1430. The van der Waals surface area contributed by atoms with E-state index in [4.69, 9.17) is 5.73 Å². The first-order valence-electron chi connectivity index (χ1n) is 13.8. The lowest BCUT2D eigenvalue weighted by molar-refractivity contribution is -0.153. The van der Waals surface area contributed by atoms with Gasteiger partial charge in [0.15, 0.2) is 11.4 Å². The van der Waals surface area contributed by atoms with E-state index in [1.165, 1.54) is 4.90 Å². The number of anilines is 2. The molecule has 13 heteroatoms. The van der Waals surface area contributed by atoms with Gasteiger partial charge >= 0.3 is 0 Å². The van der Waals surface area contributed by atoms with E-state index in [1.54, 1.807) is 39.2 Å². The monoisotopic (exact) mass is 585 g/mol. The molecule has 0 bridgehead atoms. The fourth-order valence-corrected chi connectivity index (χ4v) is 6.63. The molecule has 3 aliphatic rings. The molecule has 0 radical (unpaired) electrons. The summed E-state index contributed by atoms with van der Waals surface area (Å²) in [5, 5.41) is 48.3. The van der Waals surface area contributed by atoms with E-state index in [-0.39, 0.29) is 42.1 Å². The number of carbonyl (C=O) groups is 4. The van der Waals surface area contributed by atoms with Crippen LogP contribution in [-0.2, 0) is 25.6 Å². The third-order valence-electron chi connectivity index (χ3n) is 8.71. The summed E-state index contributed by atoms with van der Waals surface area (Å²) in [6.45, 7) is 5.19. The van der Waals surface area contributed by atoms with E-state index in [0.717, 1.165) is 0 Å². The Morgan fingerprint density at radius 3 is 2.24 bits per heavy atom. The maximum atomic E-state index is 14.1. The van der Waals surface area contributed by atoms with Crippen molar-refractivity contribution in [3.63, 3.8) is 0 Å². The molecule has 7 N–H and O–H groups in total. The van der Waals surface area contributed by atoms with Gasteiger partial charge in [-0.15, -0.1) is 0 Å². The lowest BCUT2D eigenvalue weighted by Gasteiger charge is -2.50. The Morgan fingerprint density at radius 1 is 1.10 bits per heavy atom. The first-order valence-corrected chi connectivity index (χ1v) is 13.8. The van der Waals surface area contributed by atoms with E-state index < -0.39 is 63.8 Å². The minimum atomic E-state index is -2.72. The molecular formula is C29H39N5O8. The fraction of sp³-hybridized carbons (Fsp3) is 0.517. The van der Waals surface area contributed by atoms with Crippen LogP contribution >= 0.6 is 0 Å². The predicted octanol–water partition coefficient (Wildman–Crippen LogP) is 0.310. The second kappa shape index (κ2) is 11.0. The van der Waals surface area contributed by atoms with E-state index in [0.29, 0.717) is 24.3 Å². The lowest BCUT2D eigenvalue weighted by Crippen LogP contribution is -2.65. The zero-order chi connectivity index (χ0) is 31.4. The number of carbonyl (C=O) groups excluding carboxylic acids is 4. The molecule has 1 fully saturated rings. The number of nitrogens with two attached hydrogens (primary N) is 1. The fourth-order valence-electron chi connectivity index (χ4n) is 6.63. The van der Waals surface area contributed by atoms with Crippen LogP contribution in [0.15, 0.2) is 23.0 Å². The SMILES string of the molecule is CCN(CC)CC(=O)Nc1cc(N(C)C)c2c(c1O)C(O)=C1C(=O)[C@]3(O)C(O)=C(C(N)=O)C(=O)[C@@H](N(C)C)C3CC1C2. The summed E-state index contributed by atoms with van der Waals surface area (Å²) < 4.78 is 0. The highest BCUT2D eigenvalue weighted by molar-refractivity contribution is 6.24. The summed E-state index contributed by atoms with van der Waals surface area (Å²) in [6, 6.07) is 0.432. The molecule has 0 aromatic heterocycles. The van der Waals surface area contributed by atoms with Gasteiger partial charge in [0.05, 0.1) is 23.8 Å². The largest absolute Gasteiger partial charge is 0.508 e. The van der Waals surface area contributed by atoms with E-state index in [2.05, 4.69) is 5.32 Å². The van der Waals surface area contributed by atoms with Crippen molar-refractivity contribution in [2.24, 2.45) is 17.6 Å². The number of primary amides is 1. The summed E-state index contributed by atoms with van der Waals surface area (Å²) in [6.07, 6.45) is 0.130. The number of hydrogen-bond acceptors (Lipinski definition) is 11. The number of likely N-dealkylation sites (N-methyl/N-ethyl adjacent to an activating group) is 2. The van der Waals surface area contributed by atoms with Crippen molar-refractivity contribution in [2.45, 2.75) is 38.3 Å². The second-order valence-electron chi connectivity index (χ2n) is 11.5. The molecule has 4 atom stereocenters. The molecule has 0 aliphatic heterocycles. The zero-order valence-electron chi connectivity index (χ0n) is 24.7. The summed E-state index contributed by atoms with van der Waals surface area (Å²) in [5.41, 5.74) is 2.54. The zero-order valence-corrected chi connectivity index (χ0v) is 24.7. The molecule has 0 heterocycles. The molecule has 3 aliphatic carbocycles. The van der Waals surface area contributed by atoms with Gasteiger partial charge in [-0.25, -0.2) is 0 Å². The van der Waals surface area contributed by atoms with Gasteiger partial charge in [0.1, 0.15) is 22.8 Å². The molecule has 228 valence electrons. The van der Waals surface area contributed by atoms with Crippen LogP contribution in [0.1, 0.15) is 31.4 Å². The van der Waals surface area contributed by atoms with Gasteiger partial charge in [0.25, 0.3) is 5.91 Å². The maximum absolute atomic E-state index is 14.1. The van der Waals surface area contributed by atoms with Crippen molar-refractivity contribution in [1.82, 2.24) is 9.80 Å². The van der Waals surface area contributed by atoms with Crippen LogP contribution in [0.25, 0.3) is 5.76 Å². The number of nitrogens with one attached hydrogen (secondary N) is 1. The normalized spacial score (nSPS) is 25.4. The smallest absolute Gasteiger partial charge is 0.255 e. The minimum absolute atomic E-state index is 0.0122. The van der Waals surface area contributed by atoms with Gasteiger partial charge in [0.2, 0.25) is 11.7 Å². The van der Waals surface area contributed by atoms with Crippen LogP contribution in [0.4, 0.5) is 11.4 Å². The summed E-state index contributed by atoms with van der Waals surface area (Å²) in [7, 11) is 6.61. The minimum Gasteiger partial charge on any atom is -0.508 e. The first-order chi connectivity index (χ1) is 19.6. The molecule has 4 rings (SSSR count). The molecule has 1 aromatic carbocycles. The number of benzene rings is 1. The molecule has 0 spiro atoms. The average molecular weight is 586 g/mol. The van der Waals surface area contributed by atoms with Crippen molar-refractivity contribution in [2.75, 3.05) is 58.0 Å². The third-order valence-corrected chi connectivity index (χ3v) is 8.71. The van der Waals surface area contributed by atoms with Gasteiger partial charge in [-0.05, 0) is 57.6 Å². The quantitative estimate of drug-likeness (QED) is 0.181. The standard InChI is InChI=1S/C29H39N5O8/c1-7-34(8-2)12-18(35)31-16-11-17(32(3)4)14-9-13-10-15-22(33(5)6)25(38)21(28(30)41)27(40)29(15,42)26(39)19(13)24(37)20(14)23(16)36/h11,13,15,22,36-37,40,42H,7-10,12H2,1-6H3,(H2,30,41)(H,31,35)/t13?,15?,22-,29-/m0/s1. The Hall–Kier alpha value is -3.94. The maximum Gasteiger partial charge on any atom is 0.255 e. The van der Waals surface area contributed by atoms with Gasteiger partial charge in [0, 0.05) is 31.3 Å². The molecule has 42 heavy (non-hydrogen) atoms. The molecule has 2 unspecified atom stereocenters. The van der Waals surface area contributed by atoms with Crippen molar-refractivity contribution >= 4 is 40.5 Å². The number of aliphatic hydroxyl groups is 3. The van der Waals surface area contributed by atoms with Gasteiger partial charge < -0.3 is 36.4 Å². The van der Waals surface area contributed by atoms with E-state index in [9.17, 15) is 39.6 Å². The second-order valence-corrected chi connectivity index (χ2v) is 11.5. The topological polar surface area (TPSA) is 197 Å². The third kappa shape index (κ3) is 4.61. The number of phenolic OH excluding ortho intramolecular Hbond substituents is 1. The number of aromatic hydroxyl groups is 1. The van der Waals surface area contributed by atoms with Crippen LogP contribution < -0.4 is 16.0 Å². The van der Waals surface area contributed by atoms with Crippen LogP contribution in [-0.4, -0.2) is 113 Å². The number of rotatable bonds is 8. The number of Topliss-reactive ketones (excluding diaryl/α,β-unsaturated/α-hetero) is 2. The molecule has 1 aromatic rings. The molecular weight excluding hydrogens is 546 g/mol. The van der Waals surface area contributed by atoms with Crippen LogP contribution in [0.3, 0.4) is 0 Å². The number of amides is 2. The summed E-state index contributed by atoms with van der Waals surface area (Å²) in [5.74, 6) is -7.67. The van der Waals surface area contributed by atoms with Crippen molar-refractivity contribution < 1.29 is 39.6 Å². The molecule has 1 saturated carbocycles. The van der Waals surface area contributed by atoms with Crippen molar-refractivity contribution in [3.8, 4) is 5.75 Å². The molecule has 13 nitrogen and oxygen atoms in total. The number of nitrogens with zero attached hydrogens (tertiary/aromatic N) is 3. The Morgan fingerprint density at radius 2 is 1.71 bits per heavy atom. The number of aliphatic hydroxyl groups excluding tert-OH is 2. The van der Waals surface area contributed by atoms with E-state index in [1.807, 2.05) is 18.7 Å². The highest BCUT2D eigenvalue weighted by atomic mass is 16.3.